The van der Waals surface area contributed by atoms with Crippen LogP contribution in [0.2, 0.25) is 0 Å². The number of alkyl halides is 3. The normalized spacial score (nSPS) is 14.8. The van der Waals surface area contributed by atoms with E-state index in [-0.39, 0.29) is 6.54 Å². The standard InChI is InChI=1S/C14H11F3N2O5/c15-14(16,17)8-5-7(13(23)24)1-2-9(8)18-10-6-11(21)19(3-4-20)12(10)22/h1-2,5-6,18,20H,3-4H2,(H,23,24). The van der Waals surface area contributed by atoms with Crippen LogP contribution in [0, 0.1) is 0 Å². The Morgan fingerprint density at radius 3 is 2.46 bits per heavy atom. The summed E-state index contributed by atoms with van der Waals surface area (Å²) in [6, 6.07) is 2.23. The molecule has 0 saturated carbocycles. The average molecular weight is 344 g/mol. The molecule has 0 bridgehead atoms. The molecule has 0 fully saturated rings. The molecule has 1 aliphatic heterocycles. The van der Waals surface area contributed by atoms with Crippen LogP contribution in [0.3, 0.4) is 0 Å². The predicted molar refractivity (Wildman–Crippen MR) is 73.9 cm³/mol. The predicted octanol–water partition coefficient (Wildman–Crippen LogP) is 1.06. The lowest BCUT2D eigenvalue weighted by atomic mass is 10.1. The molecule has 0 aliphatic carbocycles. The van der Waals surface area contributed by atoms with Crippen molar-refractivity contribution >= 4 is 23.5 Å². The van der Waals surface area contributed by atoms with Crippen molar-refractivity contribution in [3.05, 3.63) is 41.1 Å². The van der Waals surface area contributed by atoms with Crippen LogP contribution in [0.4, 0.5) is 18.9 Å². The first kappa shape index (κ1) is 17.5. The summed E-state index contributed by atoms with van der Waals surface area (Å²) in [5, 5.41) is 19.8. The smallest absolute Gasteiger partial charge is 0.418 e. The highest BCUT2D eigenvalue weighted by atomic mass is 19.4. The van der Waals surface area contributed by atoms with Gasteiger partial charge in [0, 0.05) is 6.08 Å². The van der Waals surface area contributed by atoms with Crippen LogP contribution < -0.4 is 5.32 Å². The monoisotopic (exact) mass is 344 g/mol. The molecule has 0 atom stereocenters. The van der Waals surface area contributed by atoms with Gasteiger partial charge in [-0.3, -0.25) is 14.5 Å². The Morgan fingerprint density at radius 2 is 1.92 bits per heavy atom. The maximum absolute atomic E-state index is 13.1. The minimum Gasteiger partial charge on any atom is -0.478 e. The number of amides is 2. The third kappa shape index (κ3) is 3.38. The second kappa shape index (κ2) is 6.32. The van der Waals surface area contributed by atoms with Crippen molar-refractivity contribution < 1.29 is 37.8 Å². The van der Waals surface area contributed by atoms with Crippen LogP contribution >= 0.6 is 0 Å². The molecule has 2 rings (SSSR count). The molecule has 2 amide bonds. The first-order chi connectivity index (χ1) is 11.1. The number of imide groups is 1. The Kier molecular flexibility index (Phi) is 4.60. The van der Waals surface area contributed by atoms with Crippen LogP contribution in [-0.2, 0) is 15.8 Å². The Labute approximate surface area is 133 Å². The van der Waals surface area contributed by atoms with Crippen LogP contribution in [-0.4, -0.2) is 46.0 Å². The number of halogens is 3. The second-order valence-corrected chi connectivity index (χ2v) is 4.76. The first-order valence-corrected chi connectivity index (χ1v) is 6.55. The molecule has 0 spiro atoms. The molecule has 1 aromatic carbocycles. The molecule has 3 N–H and O–H groups in total. The number of β-amino-alcohol motifs (C(OH)–C–C–N with tert-alkyl or cyclic N) is 1. The zero-order valence-electron chi connectivity index (χ0n) is 11.9. The van der Waals surface area contributed by atoms with Gasteiger partial charge in [-0.25, -0.2) is 4.79 Å². The van der Waals surface area contributed by atoms with Crippen molar-refractivity contribution in [2.75, 3.05) is 18.5 Å². The zero-order valence-corrected chi connectivity index (χ0v) is 11.9. The highest BCUT2D eigenvalue weighted by Gasteiger charge is 2.36. The molecule has 7 nitrogen and oxygen atoms in total. The van der Waals surface area contributed by atoms with Crippen molar-refractivity contribution in [3.8, 4) is 0 Å². The molecule has 0 aromatic heterocycles. The minimum atomic E-state index is -4.87. The van der Waals surface area contributed by atoms with E-state index in [1.165, 1.54) is 0 Å². The number of anilines is 1. The highest BCUT2D eigenvalue weighted by molar-refractivity contribution is 6.17. The van der Waals surface area contributed by atoms with Gasteiger partial charge >= 0.3 is 12.1 Å². The van der Waals surface area contributed by atoms with E-state index in [1.54, 1.807) is 0 Å². The molecular formula is C14H11F3N2O5. The van der Waals surface area contributed by atoms with Gasteiger partial charge in [0.25, 0.3) is 11.8 Å². The lowest BCUT2D eigenvalue weighted by Crippen LogP contribution is -2.34. The summed E-state index contributed by atoms with van der Waals surface area (Å²) in [4.78, 5) is 35.0. The van der Waals surface area contributed by atoms with E-state index in [0.29, 0.717) is 11.0 Å². The summed E-state index contributed by atoms with van der Waals surface area (Å²) in [7, 11) is 0. The average Bonchev–Trinajstić information content (AvgIpc) is 2.74. The molecule has 24 heavy (non-hydrogen) atoms. The van der Waals surface area contributed by atoms with E-state index >= 15 is 0 Å². The van der Waals surface area contributed by atoms with Gasteiger partial charge in [0.15, 0.2) is 0 Å². The van der Waals surface area contributed by atoms with Gasteiger partial charge in [-0.05, 0) is 18.2 Å². The highest BCUT2D eigenvalue weighted by Crippen LogP contribution is 2.36. The Morgan fingerprint density at radius 1 is 1.25 bits per heavy atom. The van der Waals surface area contributed by atoms with Gasteiger partial charge in [-0.2, -0.15) is 13.2 Å². The lowest BCUT2D eigenvalue weighted by molar-refractivity contribution is -0.138. The van der Waals surface area contributed by atoms with E-state index in [1.807, 2.05) is 0 Å². The summed E-state index contributed by atoms with van der Waals surface area (Å²) in [5.41, 5.74) is -2.82. The summed E-state index contributed by atoms with van der Waals surface area (Å²) in [6.07, 6.45) is -4.06. The van der Waals surface area contributed by atoms with E-state index < -0.39 is 53.1 Å². The Balaban J connectivity index is 2.37. The van der Waals surface area contributed by atoms with Crippen molar-refractivity contribution in [2.45, 2.75) is 6.18 Å². The van der Waals surface area contributed by atoms with Gasteiger partial charge in [0.2, 0.25) is 0 Å². The molecular weight excluding hydrogens is 333 g/mol. The van der Waals surface area contributed by atoms with Crippen LogP contribution in [0.25, 0.3) is 0 Å². The SMILES string of the molecule is O=C(O)c1ccc(NC2=CC(=O)N(CCO)C2=O)c(C(F)(F)F)c1. The van der Waals surface area contributed by atoms with E-state index in [9.17, 15) is 27.6 Å². The summed E-state index contributed by atoms with van der Waals surface area (Å²) in [5.74, 6) is -3.19. The number of carbonyl (C=O) groups is 3. The third-order valence-corrected chi connectivity index (χ3v) is 3.17. The van der Waals surface area contributed by atoms with E-state index in [2.05, 4.69) is 5.32 Å². The van der Waals surface area contributed by atoms with Crippen molar-refractivity contribution in [2.24, 2.45) is 0 Å². The number of nitrogens with one attached hydrogen (secondary N) is 1. The molecule has 10 heteroatoms. The number of rotatable bonds is 5. The maximum atomic E-state index is 13.1. The molecule has 1 aliphatic rings. The first-order valence-electron chi connectivity index (χ1n) is 6.55. The van der Waals surface area contributed by atoms with Crippen molar-refractivity contribution in [1.82, 2.24) is 4.90 Å². The van der Waals surface area contributed by atoms with Gasteiger partial charge in [-0.15, -0.1) is 0 Å². The van der Waals surface area contributed by atoms with Gasteiger partial charge in [0.1, 0.15) is 5.70 Å². The largest absolute Gasteiger partial charge is 0.478 e. The number of carboxylic acid groups (broad SMARTS) is 1. The van der Waals surface area contributed by atoms with Gasteiger partial charge in [-0.1, -0.05) is 0 Å². The maximum Gasteiger partial charge on any atom is 0.418 e. The summed E-state index contributed by atoms with van der Waals surface area (Å²) in [6.45, 7) is -0.775. The third-order valence-electron chi connectivity index (χ3n) is 3.17. The second-order valence-electron chi connectivity index (χ2n) is 4.76. The van der Waals surface area contributed by atoms with Crippen LogP contribution in [0.5, 0.6) is 0 Å². The molecule has 1 heterocycles. The topological polar surface area (TPSA) is 107 Å². The van der Waals surface area contributed by atoms with Crippen molar-refractivity contribution in [1.29, 1.82) is 0 Å². The summed E-state index contributed by atoms with van der Waals surface area (Å²) >= 11 is 0. The number of aliphatic hydroxyl groups excluding tert-OH is 1. The van der Waals surface area contributed by atoms with Gasteiger partial charge in [0.05, 0.1) is 30.0 Å². The Hall–Kier alpha value is -2.88. The zero-order chi connectivity index (χ0) is 18.1. The molecule has 0 unspecified atom stereocenters. The number of aromatic carboxylic acids is 1. The van der Waals surface area contributed by atoms with Crippen molar-refractivity contribution in [3.63, 3.8) is 0 Å². The molecule has 128 valence electrons. The fourth-order valence-corrected chi connectivity index (χ4v) is 2.08. The number of carbonyl (C=O) groups excluding carboxylic acids is 2. The molecule has 0 radical (unpaired) electrons. The number of aliphatic hydroxyl groups is 1. The quantitative estimate of drug-likeness (QED) is 0.690. The van der Waals surface area contributed by atoms with E-state index in [4.69, 9.17) is 10.2 Å². The number of nitrogens with zero attached hydrogens (tertiary/aromatic N) is 1. The lowest BCUT2D eigenvalue weighted by Gasteiger charge is -2.16. The molecule has 0 saturated heterocycles. The summed E-state index contributed by atoms with van der Waals surface area (Å²) < 4.78 is 39.3. The number of carboxylic acids is 1. The number of hydrogen-bond donors (Lipinski definition) is 3. The fraction of sp³-hybridized carbons (Fsp3) is 0.214. The number of benzene rings is 1. The minimum absolute atomic E-state index is 0.288. The van der Waals surface area contributed by atoms with Gasteiger partial charge < -0.3 is 15.5 Å². The van der Waals surface area contributed by atoms with E-state index in [0.717, 1.165) is 18.2 Å². The van der Waals surface area contributed by atoms with Crippen LogP contribution in [0.1, 0.15) is 15.9 Å². The number of hydrogen-bond acceptors (Lipinski definition) is 5. The molecule has 1 aromatic rings. The van der Waals surface area contributed by atoms with Crippen LogP contribution in [0.15, 0.2) is 30.0 Å². The Bertz CT molecular complexity index is 742. The fourth-order valence-electron chi connectivity index (χ4n) is 2.08.